The van der Waals surface area contributed by atoms with Crippen molar-refractivity contribution in [2.75, 3.05) is 64.6 Å². The van der Waals surface area contributed by atoms with Gasteiger partial charge in [-0.25, -0.2) is 69.9 Å². The van der Waals surface area contributed by atoms with Crippen LogP contribution in [0.3, 0.4) is 0 Å². The van der Waals surface area contributed by atoms with E-state index in [0.29, 0.717) is 84.0 Å². The minimum Gasteiger partial charge on any atom is -0.370 e. The molecule has 720 valence electrons. The van der Waals surface area contributed by atoms with Gasteiger partial charge in [-0.15, -0.1) is 0 Å². The SMILES string of the molecule is CC1N=C(N)NC(=NCCCc2ccccc2)N1.CC1N=C(N)NC(=NCCc2ccccc2)N1.CC1N=C(N)NC(=NCc2ccccc2)N1.CC1N=C(N)NC(N(C)CCCc2ccccc2)=N1.CC1N=C(N)NC(N(C)CCc2ccccc2)=N1.CC1N=C(N)NC(N(C)Cc2ccccc2)=N1.CC1N=C(N)NC(N(C)c2ccccc2)=N1.CC1N=C(N)NC(Nc2ccccc2)=N1. The molecule has 8 atom stereocenters. The molecule has 40 nitrogen and oxygen atoms in total. The predicted molar refractivity (Wildman–Crippen MR) is 560 cm³/mol. The third-order valence-electron chi connectivity index (χ3n) is 19.9. The Kier molecular flexibility index (Phi) is 42.4. The number of benzene rings is 8. The first-order chi connectivity index (χ1) is 65.6. The molecule has 0 amide bonds. The number of rotatable bonds is 20. The van der Waals surface area contributed by atoms with Crippen LogP contribution in [0.15, 0.2) is 323 Å². The maximum Gasteiger partial charge on any atom is 0.207 e. The number of likely N-dealkylation sites (N-methyl/N-ethyl adjacent to an activating group) is 1. The maximum atomic E-state index is 5.70. The van der Waals surface area contributed by atoms with E-state index >= 15 is 0 Å². The molecule has 0 saturated carbocycles. The van der Waals surface area contributed by atoms with Gasteiger partial charge in [0.1, 0.15) is 49.3 Å². The van der Waals surface area contributed by atoms with Crippen LogP contribution in [-0.4, -0.2) is 214 Å². The molecule has 0 spiro atoms. The van der Waals surface area contributed by atoms with Gasteiger partial charge in [0.25, 0.3) is 0 Å². The lowest BCUT2D eigenvalue weighted by atomic mass is 10.1. The van der Waals surface area contributed by atoms with E-state index in [-0.39, 0.29) is 49.3 Å². The van der Waals surface area contributed by atoms with E-state index in [2.05, 4.69) is 251 Å². The van der Waals surface area contributed by atoms with Gasteiger partial charge in [-0.05, 0) is 152 Å². The van der Waals surface area contributed by atoms with Gasteiger partial charge >= 0.3 is 0 Å². The molecule has 0 bridgehead atoms. The largest absolute Gasteiger partial charge is 0.370 e. The van der Waals surface area contributed by atoms with Gasteiger partial charge < -0.3 is 86.7 Å². The smallest absolute Gasteiger partial charge is 0.207 e. The first kappa shape index (κ1) is 103. The highest BCUT2D eigenvalue weighted by molar-refractivity contribution is 6.08. The minimum atomic E-state index is -0.141. The van der Waals surface area contributed by atoms with Crippen molar-refractivity contribution in [2.45, 2.75) is 156 Å². The number of aliphatic imine (C=N–C) groups is 16. The molecule has 0 saturated heterocycles. The second-order valence-electron chi connectivity index (χ2n) is 31.9. The van der Waals surface area contributed by atoms with Gasteiger partial charge in [0.05, 0.1) is 6.54 Å². The van der Waals surface area contributed by atoms with E-state index in [1.807, 2.05) is 239 Å². The fourth-order valence-electron chi connectivity index (χ4n) is 13.4. The number of nitrogens with two attached hydrogens (primary N) is 8. The molecule has 8 aliphatic rings. The molecule has 0 aliphatic carbocycles. The summed E-state index contributed by atoms with van der Waals surface area (Å²) in [7, 11) is 7.93. The van der Waals surface area contributed by atoms with Crippen molar-refractivity contribution in [3.63, 3.8) is 0 Å². The van der Waals surface area contributed by atoms with Gasteiger partial charge in [-0.2, -0.15) is 0 Å². The molecule has 8 heterocycles. The fourth-order valence-corrected chi connectivity index (χ4v) is 13.4. The van der Waals surface area contributed by atoms with E-state index in [4.69, 9.17) is 45.9 Å². The van der Waals surface area contributed by atoms with E-state index in [1.54, 1.807) is 0 Å². The zero-order valence-corrected chi connectivity index (χ0v) is 79.8. The molecule has 8 aromatic rings. The van der Waals surface area contributed by atoms with Crippen molar-refractivity contribution in [3.8, 4) is 0 Å². The zero-order chi connectivity index (χ0) is 97.4. The number of para-hydroxylation sites is 2. The number of hydrogen-bond acceptors (Lipinski definition) is 34. The first-order valence-electron chi connectivity index (χ1n) is 45.2. The van der Waals surface area contributed by atoms with Crippen LogP contribution in [0.25, 0.3) is 0 Å². The molecule has 136 heavy (non-hydrogen) atoms. The monoisotopic (exact) mass is 1850 g/mol. The predicted octanol–water partition coefficient (Wildman–Crippen LogP) is 5.81. The summed E-state index contributed by atoms with van der Waals surface area (Å²) in [6, 6.07) is 81.6. The van der Waals surface area contributed by atoms with Crippen molar-refractivity contribution < 1.29 is 0 Å². The van der Waals surface area contributed by atoms with Crippen LogP contribution in [0.1, 0.15) is 102 Å². The summed E-state index contributed by atoms with van der Waals surface area (Å²) < 4.78 is 0. The average Bonchev–Trinajstić information content (AvgIpc) is 0.803. The van der Waals surface area contributed by atoms with Crippen LogP contribution in [0.4, 0.5) is 11.4 Å². The highest BCUT2D eigenvalue weighted by Gasteiger charge is 2.22. The van der Waals surface area contributed by atoms with Crippen molar-refractivity contribution >= 4 is 107 Å². The normalized spacial score (nSPS) is 20.0. The number of anilines is 2. The van der Waals surface area contributed by atoms with Crippen molar-refractivity contribution in [1.82, 2.24) is 73.2 Å². The van der Waals surface area contributed by atoms with Crippen molar-refractivity contribution in [3.05, 3.63) is 276 Å². The van der Waals surface area contributed by atoms with E-state index in [9.17, 15) is 0 Å². The molecule has 28 N–H and O–H groups in total. The lowest BCUT2D eigenvalue weighted by Crippen LogP contribution is -2.52. The van der Waals surface area contributed by atoms with E-state index < -0.39 is 0 Å². The number of nitrogens with one attached hydrogen (secondary N) is 12. The Labute approximate surface area is 798 Å². The summed E-state index contributed by atoms with van der Waals surface area (Å²) in [6.07, 6.45) is 5.41. The van der Waals surface area contributed by atoms with Crippen molar-refractivity contribution in [2.24, 2.45) is 126 Å². The summed E-state index contributed by atoms with van der Waals surface area (Å²) in [6.45, 7) is 20.0. The van der Waals surface area contributed by atoms with Crippen LogP contribution in [0.5, 0.6) is 0 Å². The molecule has 8 aromatic carbocycles. The lowest BCUT2D eigenvalue weighted by molar-refractivity contribution is 0.469. The second kappa shape index (κ2) is 55.8. The topological polar surface area (TPSA) is 563 Å². The van der Waals surface area contributed by atoms with Crippen LogP contribution in [-0.2, 0) is 38.8 Å². The molecule has 0 fully saturated rings. The third-order valence-corrected chi connectivity index (χ3v) is 19.9. The Hall–Kier alpha value is -16.3. The zero-order valence-electron chi connectivity index (χ0n) is 79.8. The van der Waals surface area contributed by atoms with E-state index in [0.717, 1.165) is 106 Å². The summed E-state index contributed by atoms with van der Waals surface area (Å²) in [5, 5.41) is 35.9. The second-order valence-corrected chi connectivity index (χ2v) is 31.9. The number of aryl methyl sites for hydroxylation is 2. The molecule has 0 aromatic heterocycles. The quantitative estimate of drug-likeness (QED) is 0.0400. The number of guanidine groups is 16. The molecular formula is C96H136N40. The van der Waals surface area contributed by atoms with Gasteiger partial charge in [0, 0.05) is 72.3 Å². The number of nitrogens with zero attached hydrogens (tertiary/aromatic N) is 20. The molecule has 40 heteroatoms. The third kappa shape index (κ3) is 39.8. The summed E-state index contributed by atoms with van der Waals surface area (Å²) >= 11 is 0. The first-order valence-corrected chi connectivity index (χ1v) is 45.2. The van der Waals surface area contributed by atoms with Crippen LogP contribution < -0.4 is 115 Å². The van der Waals surface area contributed by atoms with Crippen LogP contribution in [0, 0.1) is 0 Å². The Bertz CT molecular complexity index is 5470. The minimum absolute atomic E-state index is 0.0147. The van der Waals surface area contributed by atoms with Gasteiger partial charge in [-0.1, -0.05) is 218 Å². The Balaban J connectivity index is 0.000000174. The van der Waals surface area contributed by atoms with E-state index in [1.165, 1.54) is 27.8 Å². The number of hydrogen-bond donors (Lipinski definition) is 20. The fraction of sp³-hybridized carbons (Fsp3) is 0.333. The highest BCUT2D eigenvalue weighted by Crippen LogP contribution is 2.16. The lowest BCUT2D eigenvalue weighted by Gasteiger charge is -2.25. The van der Waals surface area contributed by atoms with Crippen molar-refractivity contribution in [1.29, 1.82) is 0 Å². The summed E-state index contributed by atoms with van der Waals surface area (Å²) in [4.78, 5) is 75.9. The summed E-state index contributed by atoms with van der Waals surface area (Å²) in [5.41, 5.74) is 54.9. The molecular weight excluding hydrogens is 1710 g/mol. The van der Waals surface area contributed by atoms with Gasteiger partial charge in [0.15, 0.2) is 65.6 Å². The standard InChI is InChI=1S/C14H21N5.2C13H19N5.2C12H17N5.2C11H15N5.C10H13N5/c1-11-16-13(15)18-14(17-11)19(2)10-6-9-12-7-4-3-5-8-12;1-10-15-12(14)17-13(16-10)18(2)9-8-11-6-4-3-5-7-11;1-10-16-12(14)18-13(17-10)15-9-5-8-11-6-3-2-4-7-11;1-9-14-11(13)16-12(15-9)17(2)8-10-6-4-3-5-7-10;1-9-15-11(13)17-12(16-9)14-8-7-10-5-3-2-4-6-10;1-8-13-10(12)15-11(14-8)16(2)9-6-4-3-5-7-9;1-8-14-10(12)16-11(15-8)13-7-9-5-3-2-4-6-9;1-7-12-9(11)15-10(13-7)14-8-5-3-2-4-6-8/h3-5,7-8,11H,6,9-10H2,1-2H3,(H3,15,16,17,18);3-7,10H,8-9H2,1-2H3,(H3,14,15,16,17);2-4,6-7,10H,5,8-9H2,1H3,(H4,14,15,16,17,18);3-7,9H,8H2,1-2H3,(H3,13,14,15,16);2-6,9H,7-8H2,1H3,(H4,13,14,15,16,17);3-8H,1-2H3,(H3,12,13,14,15);2-6,8H,7H2,1H3,(H4,12,13,14,15,16);2-7H,1H3,(H4,11,12,13,14,15). The average molecular weight is 1850 g/mol. The maximum absolute atomic E-state index is 5.70. The molecule has 8 unspecified atom stereocenters. The Morgan fingerprint density at radius 2 is 0.588 bits per heavy atom. The highest BCUT2D eigenvalue weighted by atomic mass is 15.4. The van der Waals surface area contributed by atoms with Gasteiger partial charge in [0.2, 0.25) is 29.8 Å². The van der Waals surface area contributed by atoms with Crippen LogP contribution >= 0.6 is 0 Å². The van der Waals surface area contributed by atoms with Gasteiger partial charge in [-0.3, -0.25) is 52.5 Å². The Morgan fingerprint density at radius 3 is 0.993 bits per heavy atom. The van der Waals surface area contributed by atoms with Crippen LogP contribution in [0.2, 0.25) is 0 Å². The molecule has 0 radical (unpaired) electrons. The molecule has 8 aliphatic heterocycles. The summed E-state index contributed by atoms with van der Waals surface area (Å²) in [5.74, 6) is 9.06. The molecule has 16 rings (SSSR count). The Morgan fingerprint density at radius 1 is 0.279 bits per heavy atom.